The van der Waals surface area contributed by atoms with Crippen molar-refractivity contribution in [3.05, 3.63) is 56.6 Å². The third kappa shape index (κ3) is 2.40. The monoisotopic (exact) mass is 285 g/mol. The van der Waals surface area contributed by atoms with Gasteiger partial charge in [0.1, 0.15) is 0 Å². The van der Waals surface area contributed by atoms with Crippen molar-refractivity contribution in [1.29, 1.82) is 5.26 Å². The Morgan fingerprint density at radius 2 is 2.15 bits per heavy atom. The summed E-state index contributed by atoms with van der Waals surface area (Å²) in [7, 11) is 0. The summed E-state index contributed by atoms with van der Waals surface area (Å²) >= 11 is 1.18. The van der Waals surface area contributed by atoms with E-state index < -0.39 is 0 Å². The second-order valence-corrected chi connectivity index (χ2v) is 6.06. The zero-order valence-corrected chi connectivity index (χ0v) is 11.7. The quantitative estimate of drug-likeness (QED) is 0.904. The lowest BCUT2D eigenvalue weighted by Crippen LogP contribution is -2.50. The molecule has 0 bridgehead atoms. The molecule has 0 spiro atoms. The smallest absolute Gasteiger partial charge is 0.304 e. The van der Waals surface area contributed by atoms with Gasteiger partial charge in [-0.3, -0.25) is 4.79 Å². The van der Waals surface area contributed by atoms with Gasteiger partial charge in [0, 0.05) is 23.7 Å². The third-order valence-corrected chi connectivity index (χ3v) is 4.60. The SMILES string of the molecule is N#CC1(c2ccccc2)CC(NCc2csc(=O)[nH]2)C1. The van der Waals surface area contributed by atoms with E-state index in [9.17, 15) is 10.1 Å². The van der Waals surface area contributed by atoms with Crippen LogP contribution in [0.15, 0.2) is 40.5 Å². The molecule has 2 aromatic rings. The van der Waals surface area contributed by atoms with Crippen molar-refractivity contribution in [2.24, 2.45) is 0 Å². The highest BCUT2D eigenvalue weighted by Crippen LogP contribution is 2.43. The van der Waals surface area contributed by atoms with Gasteiger partial charge in [0.05, 0.1) is 11.5 Å². The molecule has 0 atom stereocenters. The molecule has 102 valence electrons. The summed E-state index contributed by atoms with van der Waals surface area (Å²) in [6.07, 6.45) is 1.64. The molecule has 0 radical (unpaired) electrons. The van der Waals surface area contributed by atoms with Crippen molar-refractivity contribution in [2.75, 3.05) is 0 Å². The number of thiazole rings is 1. The summed E-state index contributed by atoms with van der Waals surface area (Å²) in [6.45, 7) is 0.652. The Bertz CT molecular complexity index is 677. The summed E-state index contributed by atoms with van der Waals surface area (Å²) in [5, 5.41) is 14.7. The van der Waals surface area contributed by atoms with E-state index in [4.69, 9.17) is 0 Å². The Morgan fingerprint density at radius 1 is 1.40 bits per heavy atom. The van der Waals surface area contributed by atoms with Gasteiger partial charge < -0.3 is 10.3 Å². The molecule has 5 heteroatoms. The molecule has 1 aromatic heterocycles. The van der Waals surface area contributed by atoms with Crippen LogP contribution in [0.3, 0.4) is 0 Å². The van der Waals surface area contributed by atoms with Crippen LogP contribution in [0.5, 0.6) is 0 Å². The van der Waals surface area contributed by atoms with Gasteiger partial charge in [-0.05, 0) is 18.4 Å². The standard InChI is InChI=1S/C15H15N3OS/c16-10-15(11-4-2-1-3-5-11)6-12(7-15)17-8-13-9-20-14(19)18-13/h1-5,9,12,17H,6-8H2,(H,18,19). The second kappa shape index (κ2) is 5.23. The maximum absolute atomic E-state index is 11.0. The van der Waals surface area contributed by atoms with Gasteiger partial charge in [-0.25, -0.2) is 0 Å². The summed E-state index contributed by atoms with van der Waals surface area (Å²) in [5.41, 5.74) is 1.67. The fourth-order valence-corrected chi connectivity index (χ4v) is 3.31. The van der Waals surface area contributed by atoms with Gasteiger partial charge in [-0.15, -0.1) is 0 Å². The van der Waals surface area contributed by atoms with Crippen molar-refractivity contribution < 1.29 is 0 Å². The molecular formula is C15H15N3OS. The Morgan fingerprint density at radius 3 is 2.75 bits per heavy atom. The number of nitriles is 1. The summed E-state index contributed by atoms with van der Waals surface area (Å²) < 4.78 is 0. The summed E-state index contributed by atoms with van der Waals surface area (Å²) in [6, 6.07) is 12.8. The van der Waals surface area contributed by atoms with Crippen molar-refractivity contribution in [3.8, 4) is 6.07 Å². The average molecular weight is 285 g/mol. The first kappa shape index (κ1) is 13.1. The molecule has 3 rings (SSSR count). The second-order valence-electron chi connectivity index (χ2n) is 5.22. The van der Waals surface area contributed by atoms with E-state index in [1.807, 2.05) is 35.7 Å². The molecular weight excluding hydrogens is 270 g/mol. The zero-order valence-electron chi connectivity index (χ0n) is 10.9. The average Bonchev–Trinajstić information content (AvgIpc) is 2.85. The van der Waals surface area contributed by atoms with E-state index in [2.05, 4.69) is 16.4 Å². The van der Waals surface area contributed by atoms with E-state index >= 15 is 0 Å². The van der Waals surface area contributed by atoms with Crippen LogP contribution in [0.1, 0.15) is 24.1 Å². The first-order chi connectivity index (χ1) is 9.72. The minimum atomic E-state index is -0.346. The number of nitrogens with zero attached hydrogens (tertiary/aromatic N) is 1. The van der Waals surface area contributed by atoms with E-state index in [0.29, 0.717) is 12.6 Å². The third-order valence-electron chi connectivity index (χ3n) is 3.88. The van der Waals surface area contributed by atoms with Gasteiger partial charge in [-0.2, -0.15) is 5.26 Å². The van der Waals surface area contributed by atoms with Crippen molar-refractivity contribution in [2.45, 2.75) is 30.8 Å². The molecule has 2 N–H and O–H groups in total. The molecule has 0 unspecified atom stereocenters. The molecule has 0 saturated heterocycles. The van der Waals surface area contributed by atoms with Crippen LogP contribution in [0.2, 0.25) is 0 Å². The summed E-state index contributed by atoms with van der Waals surface area (Å²) in [5.74, 6) is 0. The van der Waals surface area contributed by atoms with E-state index in [1.165, 1.54) is 11.3 Å². The molecule has 4 nitrogen and oxygen atoms in total. The van der Waals surface area contributed by atoms with E-state index in [0.717, 1.165) is 24.1 Å². The van der Waals surface area contributed by atoms with E-state index in [1.54, 1.807) is 0 Å². The predicted octanol–water partition coefficient (Wildman–Crippen LogP) is 2.15. The van der Waals surface area contributed by atoms with Crippen molar-refractivity contribution in [1.82, 2.24) is 10.3 Å². The zero-order chi connectivity index (χ0) is 14.0. The minimum absolute atomic E-state index is 0.0222. The fourth-order valence-electron chi connectivity index (χ4n) is 2.73. The molecule has 20 heavy (non-hydrogen) atoms. The highest BCUT2D eigenvalue weighted by atomic mass is 32.1. The largest absolute Gasteiger partial charge is 0.315 e. The lowest BCUT2D eigenvalue weighted by molar-refractivity contribution is 0.225. The highest BCUT2D eigenvalue weighted by molar-refractivity contribution is 7.07. The lowest BCUT2D eigenvalue weighted by Gasteiger charge is -2.43. The number of hydrogen-bond acceptors (Lipinski definition) is 4. The van der Waals surface area contributed by atoms with Gasteiger partial charge in [-0.1, -0.05) is 41.7 Å². The minimum Gasteiger partial charge on any atom is -0.315 e. The number of hydrogen-bond donors (Lipinski definition) is 2. The van der Waals surface area contributed by atoms with Crippen molar-refractivity contribution >= 4 is 11.3 Å². The Labute approximate surface area is 121 Å². The van der Waals surface area contributed by atoms with Crippen LogP contribution in [0.25, 0.3) is 0 Å². The van der Waals surface area contributed by atoms with E-state index in [-0.39, 0.29) is 10.3 Å². The number of aromatic amines is 1. The molecule has 0 amide bonds. The predicted molar refractivity (Wildman–Crippen MR) is 78.5 cm³/mol. The number of benzene rings is 1. The number of H-pyrrole nitrogens is 1. The van der Waals surface area contributed by atoms with Gasteiger partial charge in [0.15, 0.2) is 0 Å². The molecule has 1 aliphatic rings. The lowest BCUT2D eigenvalue weighted by atomic mass is 9.62. The van der Waals surface area contributed by atoms with Crippen LogP contribution < -0.4 is 10.2 Å². The molecule has 0 aliphatic heterocycles. The molecule has 1 heterocycles. The Balaban J connectivity index is 1.60. The Hall–Kier alpha value is -1.90. The molecule has 1 aromatic carbocycles. The van der Waals surface area contributed by atoms with Crippen LogP contribution in [0, 0.1) is 11.3 Å². The van der Waals surface area contributed by atoms with Crippen LogP contribution in [-0.2, 0) is 12.0 Å². The topological polar surface area (TPSA) is 68.7 Å². The van der Waals surface area contributed by atoms with Crippen LogP contribution >= 0.6 is 11.3 Å². The van der Waals surface area contributed by atoms with Gasteiger partial charge in [0.2, 0.25) is 0 Å². The molecule has 1 aliphatic carbocycles. The highest BCUT2D eigenvalue weighted by Gasteiger charge is 2.45. The normalized spacial score (nSPS) is 24.9. The first-order valence-electron chi connectivity index (χ1n) is 6.59. The maximum atomic E-state index is 11.0. The molecule has 1 fully saturated rings. The number of aromatic nitrogens is 1. The van der Waals surface area contributed by atoms with Crippen LogP contribution in [-0.4, -0.2) is 11.0 Å². The number of rotatable bonds is 4. The Kier molecular flexibility index (Phi) is 3.43. The van der Waals surface area contributed by atoms with Crippen LogP contribution in [0.4, 0.5) is 0 Å². The maximum Gasteiger partial charge on any atom is 0.304 e. The first-order valence-corrected chi connectivity index (χ1v) is 7.47. The molecule has 1 saturated carbocycles. The number of nitrogens with one attached hydrogen (secondary N) is 2. The fraction of sp³-hybridized carbons (Fsp3) is 0.333. The summed E-state index contributed by atoms with van der Waals surface area (Å²) in [4.78, 5) is 13.8. The van der Waals surface area contributed by atoms with Crippen molar-refractivity contribution in [3.63, 3.8) is 0 Å². The van der Waals surface area contributed by atoms with Gasteiger partial charge in [0.25, 0.3) is 0 Å². The van der Waals surface area contributed by atoms with Gasteiger partial charge >= 0.3 is 4.87 Å².